The fraction of sp³-hybridized carbons (Fsp3) is 0.773. The highest BCUT2D eigenvalue weighted by Crippen LogP contribution is 2.55. The van der Waals surface area contributed by atoms with Crippen LogP contribution >= 0.6 is 0 Å². The predicted octanol–water partition coefficient (Wildman–Crippen LogP) is 2.02. The second-order valence-corrected chi connectivity index (χ2v) is 9.93. The average Bonchev–Trinajstić information content (AvgIpc) is 3.14. The highest BCUT2D eigenvalue weighted by molar-refractivity contribution is 6.04. The second kappa shape index (κ2) is 6.39. The van der Waals surface area contributed by atoms with E-state index in [4.69, 9.17) is 9.47 Å². The third kappa shape index (κ3) is 3.05. The molecule has 0 radical (unpaired) electrons. The number of aliphatic hydroxyl groups excluding tert-OH is 1. The molecule has 2 fully saturated rings. The molecule has 2 aliphatic carbocycles. The van der Waals surface area contributed by atoms with Crippen LogP contribution in [-0.2, 0) is 14.3 Å². The fourth-order valence-corrected chi connectivity index (χ4v) is 5.39. The zero-order chi connectivity index (χ0) is 20.5. The molecule has 1 saturated carbocycles. The van der Waals surface area contributed by atoms with Crippen molar-refractivity contribution in [1.82, 2.24) is 0 Å². The molecule has 0 amide bonds. The van der Waals surface area contributed by atoms with E-state index in [0.717, 1.165) is 18.4 Å². The molecule has 2 heterocycles. The number of Topliss-reactive ketones (excluding diaryl/α,β-unsaturated/α-hetero) is 1. The highest BCUT2D eigenvalue weighted by Gasteiger charge is 2.59. The summed E-state index contributed by atoms with van der Waals surface area (Å²) in [6, 6.07) is 0. The van der Waals surface area contributed by atoms with E-state index in [9.17, 15) is 20.1 Å². The third-order valence-electron chi connectivity index (χ3n) is 7.39. The van der Waals surface area contributed by atoms with Gasteiger partial charge in [0.1, 0.15) is 17.5 Å². The van der Waals surface area contributed by atoms with Crippen LogP contribution in [0.5, 0.6) is 0 Å². The number of fused-ring (bicyclic) bond motifs is 4. The quantitative estimate of drug-likeness (QED) is 0.634. The molecule has 6 heteroatoms. The molecule has 2 bridgehead atoms. The fourth-order valence-electron chi connectivity index (χ4n) is 5.39. The average molecular weight is 392 g/mol. The highest BCUT2D eigenvalue weighted by atomic mass is 16.6. The minimum atomic E-state index is -1.39. The summed E-state index contributed by atoms with van der Waals surface area (Å²) in [7, 11) is 0. The molecule has 0 aromatic rings. The van der Waals surface area contributed by atoms with Gasteiger partial charge in [0.05, 0.1) is 18.3 Å². The molecule has 3 N–H and O–H groups in total. The molecule has 0 spiro atoms. The third-order valence-corrected chi connectivity index (χ3v) is 7.39. The van der Waals surface area contributed by atoms with Crippen molar-refractivity contribution in [3.05, 3.63) is 23.0 Å². The van der Waals surface area contributed by atoms with Crippen molar-refractivity contribution in [3.8, 4) is 0 Å². The van der Waals surface area contributed by atoms with Crippen LogP contribution in [0.4, 0.5) is 0 Å². The van der Waals surface area contributed by atoms with Crippen LogP contribution in [0.1, 0.15) is 59.8 Å². The van der Waals surface area contributed by atoms with Gasteiger partial charge >= 0.3 is 0 Å². The summed E-state index contributed by atoms with van der Waals surface area (Å²) in [6.45, 7) is 7.42. The number of carbonyl (C=O) groups is 1. The van der Waals surface area contributed by atoms with Crippen LogP contribution in [0.15, 0.2) is 23.0 Å². The van der Waals surface area contributed by atoms with E-state index in [1.165, 1.54) is 0 Å². The Bertz CT molecular complexity index is 747. The van der Waals surface area contributed by atoms with Gasteiger partial charge in [-0.3, -0.25) is 4.79 Å². The van der Waals surface area contributed by atoms with Crippen molar-refractivity contribution in [1.29, 1.82) is 0 Å². The number of ether oxygens (including phenoxy) is 2. The Balaban J connectivity index is 1.57. The molecule has 6 atom stereocenters. The monoisotopic (exact) mass is 392 g/mol. The maximum atomic E-state index is 12.9. The maximum absolute atomic E-state index is 12.9. The molecule has 156 valence electrons. The van der Waals surface area contributed by atoms with Gasteiger partial charge < -0.3 is 24.8 Å². The van der Waals surface area contributed by atoms with E-state index in [1.807, 2.05) is 6.08 Å². The number of ketones is 1. The van der Waals surface area contributed by atoms with Crippen LogP contribution < -0.4 is 0 Å². The smallest absolute Gasteiger partial charge is 0.196 e. The Morgan fingerprint density at radius 3 is 2.82 bits per heavy atom. The summed E-state index contributed by atoms with van der Waals surface area (Å²) in [4.78, 5) is 12.9. The van der Waals surface area contributed by atoms with Gasteiger partial charge in [0, 0.05) is 17.9 Å². The second-order valence-electron chi connectivity index (χ2n) is 9.93. The Hall–Kier alpha value is -1.21. The van der Waals surface area contributed by atoms with E-state index in [2.05, 4.69) is 13.8 Å². The first-order valence-corrected chi connectivity index (χ1v) is 10.3. The number of hydrogen-bond acceptors (Lipinski definition) is 6. The van der Waals surface area contributed by atoms with Crippen molar-refractivity contribution in [2.24, 2.45) is 11.8 Å². The summed E-state index contributed by atoms with van der Waals surface area (Å²) in [5.41, 5.74) is -1.12. The number of rotatable bonds is 4. The molecule has 4 rings (SSSR count). The summed E-state index contributed by atoms with van der Waals surface area (Å²) in [6.07, 6.45) is 3.99. The molecule has 2 aliphatic heterocycles. The lowest BCUT2D eigenvalue weighted by Crippen LogP contribution is -2.49. The lowest BCUT2D eigenvalue weighted by atomic mass is 9.72. The first-order chi connectivity index (χ1) is 12.9. The predicted molar refractivity (Wildman–Crippen MR) is 102 cm³/mol. The molecule has 6 nitrogen and oxygen atoms in total. The summed E-state index contributed by atoms with van der Waals surface area (Å²) < 4.78 is 12.1. The molecule has 1 unspecified atom stereocenters. The SMILES string of the molecule is C/C(=C/CC(O)C(C)(C)O)[C@@H]1CC[C@@]2(C)OC3=C(C[C@@H]12)C(=O)[C@]1(O)CO[C@H]3C1. The van der Waals surface area contributed by atoms with Gasteiger partial charge in [0.25, 0.3) is 0 Å². The lowest BCUT2D eigenvalue weighted by molar-refractivity contribution is -0.136. The van der Waals surface area contributed by atoms with Crippen LogP contribution in [0.2, 0.25) is 0 Å². The molecule has 4 aliphatic rings. The van der Waals surface area contributed by atoms with Crippen molar-refractivity contribution in [2.75, 3.05) is 6.61 Å². The molecule has 0 aromatic carbocycles. The standard InChI is InChI=1S/C22H32O6/c1-12(5-6-17(23)20(2,3)25)13-7-8-21(4)15(13)9-14-18(28-21)16-10-22(26,11-27-16)19(14)24/h5,13,15-17,23,25-26H,6-11H2,1-4H3/b12-5-/t13-,15-,16-,17?,21+,22+/m0/s1. The Morgan fingerprint density at radius 1 is 1.43 bits per heavy atom. The van der Waals surface area contributed by atoms with Crippen molar-refractivity contribution >= 4 is 5.78 Å². The van der Waals surface area contributed by atoms with Crippen molar-refractivity contribution in [2.45, 2.75) is 88.8 Å². The van der Waals surface area contributed by atoms with Gasteiger partial charge in [-0.25, -0.2) is 0 Å². The molecular weight excluding hydrogens is 360 g/mol. The number of hydrogen-bond donors (Lipinski definition) is 3. The van der Waals surface area contributed by atoms with Gasteiger partial charge in [0.2, 0.25) is 0 Å². The Morgan fingerprint density at radius 2 is 2.14 bits per heavy atom. The Labute approximate surface area is 166 Å². The first kappa shape index (κ1) is 20.1. The minimum Gasteiger partial charge on any atom is -0.488 e. The maximum Gasteiger partial charge on any atom is 0.196 e. The number of aliphatic hydroxyl groups is 3. The van der Waals surface area contributed by atoms with Crippen molar-refractivity contribution < 1.29 is 29.6 Å². The minimum absolute atomic E-state index is 0.0471. The van der Waals surface area contributed by atoms with Crippen LogP contribution in [0, 0.1) is 11.8 Å². The molecule has 1 saturated heterocycles. The molecule has 0 aromatic heterocycles. The lowest BCUT2D eigenvalue weighted by Gasteiger charge is -2.44. The van der Waals surface area contributed by atoms with Gasteiger partial charge in [-0.05, 0) is 59.3 Å². The van der Waals surface area contributed by atoms with E-state index < -0.39 is 17.3 Å². The Kier molecular flexibility index (Phi) is 4.58. The van der Waals surface area contributed by atoms with E-state index in [1.54, 1.807) is 13.8 Å². The zero-order valence-electron chi connectivity index (χ0n) is 17.2. The van der Waals surface area contributed by atoms with E-state index >= 15 is 0 Å². The van der Waals surface area contributed by atoms with Crippen LogP contribution in [-0.4, -0.2) is 56.7 Å². The van der Waals surface area contributed by atoms with Crippen molar-refractivity contribution in [3.63, 3.8) is 0 Å². The van der Waals surface area contributed by atoms with Crippen LogP contribution in [0.25, 0.3) is 0 Å². The number of allylic oxidation sites excluding steroid dienone is 1. The largest absolute Gasteiger partial charge is 0.488 e. The van der Waals surface area contributed by atoms with Gasteiger partial charge in [0.15, 0.2) is 11.4 Å². The first-order valence-electron chi connectivity index (χ1n) is 10.3. The van der Waals surface area contributed by atoms with Gasteiger partial charge in [-0.2, -0.15) is 0 Å². The summed E-state index contributed by atoms with van der Waals surface area (Å²) in [5, 5.41) is 30.7. The summed E-state index contributed by atoms with van der Waals surface area (Å²) in [5.74, 6) is 0.802. The topological polar surface area (TPSA) is 96.2 Å². The number of carbonyl (C=O) groups excluding carboxylic acids is 1. The van der Waals surface area contributed by atoms with E-state index in [-0.39, 0.29) is 35.9 Å². The van der Waals surface area contributed by atoms with Crippen LogP contribution in [0.3, 0.4) is 0 Å². The van der Waals surface area contributed by atoms with Gasteiger partial charge in [-0.15, -0.1) is 0 Å². The van der Waals surface area contributed by atoms with Gasteiger partial charge in [-0.1, -0.05) is 11.6 Å². The summed E-state index contributed by atoms with van der Waals surface area (Å²) >= 11 is 0. The molecular formula is C22H32O6. The van der Waals surface area contributed by atoms with E-state index in [0.29, 0.717) is 30.6 Å². The molecule has 28 heavy (non-hydrogen) atoms. The zero-order valence-corrected chi connectivity index (χ0v) is 17.2. The normalized spacial score (nSPS) is 41.6.